The number of benzene rings is 2. The van der Waals surface area contributed by atoms with Gasteiger partial charge in [-0.25, -0.2) is 4.98 Å². The Labute approximate surface area is 160 Å². The summed E-state index contributed by atoms with van der Waals surface area (Å²) in [5.74, 6) is 0.782. The molecule has 0 radical (unpaired) electrons. The van der Waals surface area contributed by atoms with Crippen molar-refractivity contribution in [2.75, 3.05) is 11.9 Å². The number of rotatable bonds is 2. The summed E-state index contributed by atoms with van der Waals surface area (Å²) in [5.41, 5.74) is 3.82. The van der Waals surface area contributed by atoms with Crippen LogP contribution < -0.4 is 5.32 Å². The minimum Gasteiger partial charge on any atom is -0.389 e. The van der Waals surface area contributed by atoms with Gasteiger partial charge in [-0.15, -0.1) is 0 Å². The molecule has 2 N–H and O–H groups in total. The smallest absolute Gasteiger partial charge is 0.203 e. The predicted molar refractivity (Wildman–Crippen MR) is 104 cm³/mol. The van der Waals surface area contributed by atoms with Crippen molar-refractivity contribution in [3.63, 3.8) is 0 Å². The number of aliphatic hydroxyl groups is 1. The van der Waals surface area contributed by atoms with Crippen LogP contribution in [0.25, 0.3) is 22.2 Å². The van der Waals surface area contributed by atoms with Gasteiger partial charge in [0.1, 0.15) is 5.52 Å². The van der Waals surface area contributed by atoms with E-state index in [-0.39, 0.29) is 0 Å². The second kappa shape index (κ2) is 6.36. The first-order chi connectivity index (χ1) is 12.0. The Kier molecular flexibility index (Phi) is 4.32. The van der Waals surface area contributed by atoms with E-state index in [1.807, 2.05) is 12.1 Å². The number of imidazole rings is 1. The van der Waals surface area contributed by atoms with Gasteiger partial charge in [0, 0.05) is 39.8 Å². The zero-order chi connectivity index (χ0) is 17.7. The molecular weight excluding hydrogens is 381 g/mol. The zero-order valence-corrected chi connectivity index (χ0v) is 15.8. The van der Waals surface area contributed by atoms with Crippen LogP contribution in [0.2, 0.25) is 15.1 Å². The third kappa shape index (κ3) is 2.77. The number of fused-ring (bicyclic) bond motifs is 3. The molecule has 4 nitrogen and oxygen atoms in total. The standard InChI is InChI=1S/C18H16Cl3N3O/c1-9(25)12-8-13(11-4-3-10(19)7-14(11)20)15(21)16-17(12)24-6-2-5-22-18(24)23-16/h3-4,7-9,25H,2,5-6H2,1H3,(H,22,23). The Bertz CT molecular complexity index is 982. The van der Waals surface area contributed by atoms with Gasteiger partial charge in [0.25, 0.3) is 0 Å². The van der Waals surface area contributed by atoms with Gasteiger partial charge in [-0.05, 0) is 31.5 Å². The summed E-state index contributed by atoms with van der Waals surface area (Å²) in [6.07, 6.45) is 0.340. The SMILES string of the molecule is CC(O)c1cc(-c2ccc(Cl)cc2Cl)c(Cl)c2nc3n(c12)CCCN3. The normalized spacial score (nSPS) is 15.1. The average molecular weight is 397 g/mol. The lowest BCUT2D eigenvalue weighted by Crippen LogP contribution is -2.17. The number of nitrogens with one attached hydrogen (secondary N) is 1. The Balaban J connectivity index is 2.05. The monoisotopic (exact) mass is 395 g/mol. The van der Waals surface area contributed by atoms with E-state index in [1.165, 1.54) is 0 Å². The van der Waals surface area contributed by atoms with Gasteiger partial charge >= 0.3 is 0 Å². The molecule has 1 atom stereocenters. The number of halogens is 3. The van der Waals surface area contributed by atoms with Crippen LogP contribution in [0.4, 0.5) is 5.95 Å². The van der Waals surface area contributed by atoms with Crippen molar-refractivity contribution >= 4 is 51.8 Å². The lowest BCUT2D eigenvalue weighted by atomic mass is 9.99. The van der Waals surface area contributed by atoms with Gasteiger partial charge in [-0.1, -0.05) is 40.9 Å². The van der Waals surface area contributed by atoms with Gasteiger partial charge in [0.2, 0.25) is 5.95 Å². The van der Waals surface area contributed by atoms with Crippen molar-refractivity contribution in [1.82, 2.24) is 9.55 Å². The highest BCUT2D eigenvalue weighted by molar-refractivity contribution is 6.40. The molecule has 4 rings (SSSR count). The number of hydrogen-bond donors (Lipinski definition) is 2. The topological polar surface area (TPSA) is 50.1 Å². The van der Waals surface area contributed by atoms with Crippen molar-refractivity contribution in [3.8, 4) is 11.1 Å². The Morgan fingerprint density at radius 2 is 2.00 bits per heavy atom. The molecule has 2 aromatic carbocycles. The molecule has 0 amide bonds. The molecular formula is C18H16Cl3N3O. The highest BCUT2D eigenvalue weighted by Crippen LogP contribution is 2.42. The Hall–Kier alpha value is -1.46. The van der Waals surface area contributed by atoms with E-state index < -0.39 is 6.10 Å². The minimum absolute atomic E-state index is 0.507. The van der Waals surface area contributed by atoms with Gasteiger partial charge in [0.15, 0.2) is 0 Å². The minimum atomic E-state index is -0.660. The van der Waals surface area contributed by atoms with Crippen LogP contribution in [0.1, 0.15) is 25.0 Å². The summed E-state index contributed by atoms with van der Waals surface area (Å²) in [5, 5.41) is 15.2. The van der Waals surface area contributed by atoms with Crippen LogP contribution in [0.15, 0.2) is 24.3 Å². The second-order valence-corrected chi connectivity index (χ2v) is 7.41. The number of anilines is 1. The van der Waals surface area contributed by atoms with Crippen molar-refractivity contribution in [2.45, 2.75) is 26.0 Å². The molecule has 0 spiro atoms. The Morgan fingerprint density at radius 3 is 2.72 bits per heavy atom. The molecule has 2 heterocycles. The van der Waals surface area contributed by atoms with Crippen LogP contribution >= 0.6 is 34.8 Å². The number of hydrogen-bond acceptors (Lipinski definition) is 3. The van der Waals surface area contributed by atoms with Crippen molar-refractivity contribution in [3.05, 3.63) is 44.9 Å². The summed E-state index contributed by atoms with van der Waals surface area (Å²) in [7, 11) is 0. The van der Waals surface area contributed by atoms with E-state index in [2.05, 4.69) is 14.9 Å². The van der Waals surface area contributed by atoms with E-state index in [0.29, 0.717) is 20.6 Å². The molecule has 130 valence electrons. The molecule has 1 aliphatic rings. The maximum Gasteiger partial charge on any atom is 0.203 e. The highest BCUT2D eigenvalue weighted by atomic mass is 35.5. The van der Waals surface area contributed by atoms with Crippen LogP contribution in [0, 0.1) is 0 Å². The molecule has 1 aromatic heterocycles. The average Bonchev–Trinajstić information content (AvgIpc) is 2.96. The maximum atomic E-state index is 10.4. The molecule has 7 heteroatoms. The quantitative estimate of drug-likeness (QED) is 0.598. The summed E-state index contributed by atoms with van der Waals surface area (Å²) in [6, 6.07) is 7.18. The third-order valence-electron chi connectivity index (χ3n) is 4.50. The first-order valence-electron chi connectivity index (χ1n) is 8.07. The summed E-state index contributed by atoms with van der Waals surface area (Å²) in [6.45, 7) is 3.46. The van der Waals surface area contributed by atoms with Crippen molar-refractivity contribution < 1.29 is 5.11 Å². The molecule has 1 aliphatic heterocycles. The summed E-state index contributed by atoms with van der Waals surface area (Å²) in [4.78, 5) is 4.67. The van der Waals surface area contributed by atoms with Crippen LogP contribution in [-0.2, 0) is 6.54 Å². The zero-order valence-electron chi connectivity index (χ0n) is 13.5. The fourth-order valence-corrected chi connectivity index (χ4v) is 4.12. The van der Waals surface area contributed by atoms with Crippen LogP contribution in [0.5, 0.6) is 0 Å². The molecule has 0 saturated carbocycles. The highest BCUT2D eigenvalue weighted by Gasteiger charge is 2.24. The molecule has 3 aromatic rings. The maximum absolute atomic E-state index is 10.4. The molecule has 0 bridgehead atoms. The molecule has 0 saturated heterocycles. The van der Waals surface area contributed by atoms with Gasteiger partial charge in [-0.2, -0.15) is 0 Å². The van der Waals surface area contributed by atoms with E-state index in [9.17, 15) is 5.11 Å². The van der Waals surface area contributed by atoms with Gasteiger partial charge < -0.3 is 15.0 Å². The summed E-state index contributed by atoms with van der Waals surface area (Å²) >= 11 is 19.1. The number of aliphatic hydroxyl groups excluding tert-OH is 1. The van der Waals surface area contributed by atoms with Crippen LogP contribution in [-0.4, -0.2) is 21.2 Å². The van der Waals surface area contributed by atoms with Gasteiger partial charge in [-0.3, -0.25) is 0 Å². The fraction of sp³-hybridized carbons (Fsp3) is 0.278. The Morgan fingerprint density at radius 1 is 1.20 bits per heavy atom. The number of aryl methyl sites for hydroxylation is 1. The molecule has 0 aliphatic carbocycles. The van der Waals surface area contributed by atoms with Gasteiger partial charge in [0.05, 0.1) is 16.6 Å². The van der Waals surface area contributed by atoms with E-state index in [1.54, 1.807) is 19.1 Å². The molecule has 0 fully saturated rings. The fourth-order valence-electron chi connectivity index (χ4n) is 3.33. The molecule has 1 unspecified atom stereocenters. The third-order valence-corrected chi connectivity index (χ3v) is 5.43. The van der Waals surface area contributed by atoms with E-state index in [4.69, 9.17) is 34.8 Å². The van der Waals surface area contributed by atoms with E-state index >= 15 is 0 Å². The number of aromatic nitrogens is 2. The van der Waals surface area contributed by atoms with Crippen molar-refractivity contribution in [2.24, 2.45) is 0 Å². The summed E-state index contributed by atoms with van der Waals surface area (Å²) < 4.78 is 2.08. The first-order valence-corrected chi connectivity index (χ1v) is 9.20. The second-order valence-electron chi connectivity index (χ2n) is 6.19. The van der Waals surface area contributed by atoms with E-state index in [0.717, 1.165) is 47.7 Å². The largest absolute Gasteiger partial charge is 0.389 e. The number of nitrogens with zero attached hydrogens (tertiary/aromatic N) is 2. The lowest BCUT2D eigenvalue weighted by molar-refractivity contribution is 0.200. The first kappa shape index (κ1) is 17.0. The predicted octanol–water partition coefficient (Wildman–Crippen LogP) is 5.53. The lowest BCUT2D eigenvalue weighted by Gasteiger charge is -2.19. The van der Waals surface area contributed by atoms with Crippen LogP contribution in [0.3, 0.4) is 0 Å². The van der Waals surface area contributed by atoms with Crippen molar-refractivity contribution in [1.29, 1.82) is 0 Å². The molecule has 25 heavy (non-hydrogen) atoms.